The molecule has 1 unspecified atom stereocenters. The summed E-state index contributed by atoms with van der Waals surface area (Å²) in [7, 11) is 1.66. The molecule has 1 atom stereocenters. The lowest BCUT2D eigenvalue weighted by molar-refractivity contribution is -0.143. The van der Waals surface area contributed by atoms with Crippen molar-refractivity contribution in [3.8, 4) is 11.1 Å². The number of carboxylic acids is 1. The van der Waals surface area contributed by atoms with Crippen molar-refractivity contribution in [1.82, 2.24) is 20.4 Å². The maximum absolute atomic E-state index is 12.8. The van der Waals surface area contributed by atoms with Crippen LogP contribution in [0.5, 0.6) is 0 Å². The van der Waals surface area contributed by atoms with E-state index < -0.39 is 29.4 Å². The van der Waals surface area contributed by atoms with Crippen LogP contribution in [0.3, 0.4) is 0 Å². The molecule has 0 spiro atoms. The highest BCUT2D eigenvalue weighted by molar-refractivity contribution is 5.88. The van der Waals surface area contributed by atoms with Gasteiger partial charge >= 0.3 is 12.1 Å². The van der Waals surface area contributed by atoms with E-state index >= 15 is 0 Å². The smallest absolute Gasteiger partial charge is 0.407 e. The fourth-order valence-electron chi connectivity index (χ4n) is 4.23. The van der Waals surface area contributed by atoms with Gasteiger partial charge in [-0.05, 0) is 36.1 Å². The van der Waals surface area contributed by atoms with Crippen molar-refractivity contribution < 1.29 is 24.2 Å². The first-order chi connectivity index (χ1) is 16.7. The summed E-state index contributed by atoms with van der Waals surface area (Å²) in [6.45, 7) is 3.37. The molecule has 1 heterocycles. The van der Waals surface area contributed by atoms with Crippen LogP contribution in [-0.4, -0.2) is 46.0 Å². The minimum absolute atomic E-state index is 0.0329. The lowest BCUT2D eigenvalue weighted by Gasteiger charge is -2.26. The van der Waals surface area contributed by atoms with Gasteiger partial charge in [0, 0.05) is 31.3 Å². The summed E-state index contributed by atoms with van der Waals surface area (Å²) in [6, 6.07) is 14.9. The van der Waals surface area contributed by atoms with E-state index in [0.717, 1.165) is 22.3 Å². The van der Waals surface area contributed by atoms with Crippen molar-refractivity contribution in [1.29, 1.82) is 0 Å². The molecule has 0 aliphatic heterocycles. The summed E-state index contributed by atoms with van der Waals surface area (Å²) in [5.41, 5.74) is 3.76. The molecule has 0 saturated carbocycles. The number of nitrogens with zero attached hydrogens (tertiary/aromatic N) is 2. The number of amides is 2. The van der Waals surface area contributed by atoms with Crippen molar-refractivity contribution >= 4 is 18.0 Å². The number of rotatable bonds is 8. The monoisotopic (exact) mass is 476 g/mol. The highest BCUT2D eigenvalue weighted by Gasteiger charge is 2.34. The number of benzene rings is 2. The minimum Gasteiger partial charge on any atom is -0.479 e. The van der Waals surface area contributed by atoms with Crippen molar-refractivity contribution in [2.24, 2.45) is 12.5 Å². The maximum atomic E-state index is 12.8. The van der Waals surface area contributed by atoms with Gasteiger partial charge in [0.15, 0.2) is 6.04 Å². The Bertz CT molecular complexity index is 1220. The lowest BCUT2D eigenvalue weighted by Crippen LogP contribution is -2.47. The second-order valence-corrected chi connectivity index (χ2v) is 9.26. The summed E-state index contributed by atoms with van der Waals surface area (Å²) in [5, 5.41) is 18.7. The molecule has 0 saturated heterocycles. The number of carbonyl (C=O) groups excluding carboxylic acids is 2. The molecule has 1 aliphatic rings. The average Bonchev–Trinajstić information content (AvgIpc) is 3.40. The van der Waals surface area contributed by atoms with Gasteiger partial charge in [0.1, 0.15) is 6.61 Å². The molecule has 0 radical (unpaired) electrons. The van der Waals surface area contributed by atoms with Gasteiger partial charge in [-0.15, -0.1) is 0 Å². The Hall–Kier alpha value is -4.14. The Balaban J connectivity index is 1.34. The van der Waals surface area contributed by atoms with Crippen molar-refractivity contribution in [3.63, 3.8) is 0 Å². The highest BCUT2D eigenvalue weighted by Crippen LogP contribution is 2.44. The first kappa shape index (κ1) is 24.0. The van der Waals surface area contributed by atoms with Crippen LogP contribution in [0.25, 0.3) is 11.1 Å². The van der Waals surface area contributed by atoms with E-state index in [9.17, 15) is 19.5 Å². The standard InChI is InChI=1S/C26H28N4O5/c1-26(2,24(33)29-22(23(31)32)16-12-28-30(3)13-16)15-27-25(34)35-14-21-19-10-6-4-8-17(19)18-9-5-7-11-20(18)21/h4-13,21-22H,14-15H2,1-3H3,(H,27,34)(H,29,33)(H,31,32). The van der Waals surface area contributed by atoms with Crippen LogP contribution in [0.2, 0.25) is 0 Å². The zero-order valence-corrected chi connectivity index (χ0v) is 19.8. The number of alkyl carbamates (subject to hydrolysis) is 1. The minimum atomic E-state index is -1.25. The Morgan fingerprint density at radius 2 is 1.69 bits per heavy atom. The quantitative estimate of drug-likeness (QED) is 0.459. The van der Waals surface area contributed by atoms with Crippen LogP contribution in [0, 0.1) is 5.41 Å². The Kier molecular flexibility index (Phi) is 6.59. The molecule has 0 bridgehead atoms. The SMILES string of the molecule is Cn1cc(C(NC(=O)C(C)(C)CNC(=O)OCC2c3ccccc3-c3ccccc32)C(=O)O)cn1. The van der Waals surface area contributed by atoms with E-state index in [1.165, 1.54) is 17.1 Å². The van der Waals surface area contributed by atoms with Crippen LogP contribution in [-0.2, 0) is 21.4 Å². The van der Waals surface area contributed by atoms with Crippen molar-refractivity contribution in [2.45, 2.75) is 25.8 Å². The van der Waals surface area contributed by atoms with E-state index in [1.54, 1.807) is 20.9 Å². The third kappa shape index (κ3) is 5.03. The Morgan fingerprint density at radius 1 is 1.09 bits per heavy atom. The predicted octanol–water partition coefficient (Wildman–Crippen LogP) is 3.23. The van der Waals surface area contributed by atoms with Gasteiger partial charge < -0.3 is 20.5 Å². The van der Waals surface area contributed by atoms with Crippen LogP contribution < -0.4 is 10.6 Å². The second kappa shape index (κ2) is 9.61. The van der Waals surface area contributed by atoms with Crippen molar-refractivity contribution in [3.05, 3.63) is 77.6 Å². The zero-order valence-electron chi connectivity index (χ0n) is 19.8. The number of carbonyl (C=O) groups is 3. The van der Waals surface area contributed by atoms with Crippen LogP contribution in [0.4, 0.5) is 4.79 Å². The molecule has 0 fully saturated rings. The fourth-order valence-corrected chi connectivity index (χ4v) is 4.23. The molecular weight excluding hydrogens is 448 g/mol. The molecule has 2 aromatic carbocycles. The molecule has 3 aromatic rings. The second-order valence-electron chi connectivity index (χ2n) is 9.26. The molecule has 9 nitrogen and oxygen atoms in total. The Morgan fingerprint density at radius 3 is 2.23 bits per heavy atom. The van der Waals surface area contributed by atoms with Gasteiger partial charge in [0.25, 0.3) is 0 Å². The van der Waals surface area contributed by atoms with Gasteiger partial charge in [-0.3, -0.25) is 9.48 Å². The van der Waals surface area contributed by atoms with Crippen LogP contribution >= 0.6 is 0 Å². The molecule has 2 amide bonds. The van der Waals surface area contributed by atoms with Crippen molar-refractivity contribution in [2.75, 3.05) is 13.2 Å². The summed E-state index contributed by atoms with van der Waals surface area (Å²) < 4.78 is 6.98. The lowest BCUT2D eigenvalue weighted by atomic mass is 9.91. The average molecular weight is 477 g/mol. The summed E-state index contributed by atoms with van der Waals surface area (Å²) in [4.78, 5) is 37.0. The Labute approximate surface area is 203 Å². The third-order valence-corrected chi connectivity index (χ3v) is 6.21. The summed E-state index contributed by atoms with van der Waals surface area (Å²) in [5.74, 6) is -1.79. The molecular formula is C26H28N4O5. The highest BCUT2D eigenvalue weighted by atomic mass is 16.5. The number of hydrogen-bond donors (Lipinski definition) is 3. The van der Waals surface area contributed by atoms with Crippen LogP contribution in [0.15, 0.2) is 60.9 Å². The third-order valence-electron chi connectivity index (χ3n) is 6.21. The first-order valence-corrected chi connectivity index (χ1v) is 11.3. The number of aliphatic carboxylic acids is 1. The molecule has 1 aromatic heterocycles. The van der Waals surface area contributed by atoms with Gasteiger partial charge in [0.05, 0.1) is 11.6 Å². The van der Waals surface area contributed by atoms with E-state index in [4.69, 9.17) is 4.74 Å². The molecule has 3 N–H and O–H groups in total. The van der Waals surface area contributed by atoms with E-state index in [0.29, 0.717) is 5.56 Å². The summed E-state index contributed by atoms with van der Waals surface area (Å²) >= 11 is 0. The van der Waals surface area contributed by atoms with E-state index in [2.05, 4.69) is 27.9 Å². The topological polar surface area (TPSA) is 123 Å². The van der Waals surface area contributed by atoms with Gasteiger partial charge in [-0.1, -0.05) is 48.5 Å². The molecule has 9 heteroatoms. The van der Waals surface area contributed by atoms with Gasteiger partial charge in [0.2, 0.25) is 5.91 Å². The van der Waals surface area contributed by atoms with Gasteiger partial charge in [-0.25, -0.2) is 9.59 Å². The maximum Gasteiger partial charge on any atom is 0.407 e. The number of aryl methyl sites for hydroxylation is 1. The molecule has 4 rings (SSSR count). The fraction of sp³-hybridized carbons (Fsp3) is 0.308. The summed E-state index contributed by atoms with van der Waals surface area (Å²) in [6.07, 6.45) is 2.27. The number of fused-ring (bicyclic) bond motifs is 3. The predicted molar refractivity (Wildman–Crippen MR) is 129 cm³/mol. The molecule has 35 heavy (non-hydrogen) atoms. The zero-order chi connectivity index (χ0) is 25.2. The van der Waals surface area contributed by atoms with Gasteiger partial charge in [-0.2, -0.15) is 5.10 Å². The normalized spacial score (nSPS) is 13.5. The number of hydrogen-bond acceptors (Lipinski definition) is 5. The molecule has 182 valence electrons. The van der Waals surface area contributed by atoms with E-state index in [-0.39, 0.29) is 19.1 Å². The largest absolute Gasteiger partial charge is 0.479 e. The number of ether oxygens (including phenoxy) is 1. The number of nitrogens with one attached hydrogen (secondary N) is 2. The van der Waals surface area contributed by atoms with Crippen LogP contribution in [0.1, 0.15) is 42.5 Å². The number of carboxylic acid groups (broad SMARTS) is 1. The number of aromatic nitrogens is 2. The molecule has 1 aliphatic carbocycles. The van der Waals surface area contributed by atoms with E-state index in [1.807, 2.05) is 36.4 Å². The first-order valence-electron chi connectivity index (χ1n) is 11.3.